The van der Waals surface area contributed by atoms with E-state index < -0.39 is 0 Å². The van der Waals surface area contributed by atoms with Gasteiger partial charge in [0, 0.05) is 26.3 Å². The van der Waals surface area contributed by atoms with Crippen molar-refractivity contribution in [3.8, 4) is 0 Å². The molecule has 2 rings (SSSR count). The highest BCUT2D eigenvalue weighted by molar-refractivity contribution is 5.65. The molecule has 0 spiro atoms. The Morgan fingerprint density at radius 2 is 2.24 bits per heavy atom. The zero-order chi connectivity index (χ0) is 12.1. The molecule has 0 bridgehead atoms. The van der Waals surface area contributed by atoms with Crippen LogP contribution < -0.4 is 15.5 Å². The van der Waals surface area contributed by atoms with Gasteiger partial charge in [-0.2, -0.15) is 0 Å². The third-order valence-electron chi connectivity index (χ3n) is 3.15. The maximum Gasteiger partial charge on any atom is 0.151 e. The molecule has 0 aromatic carbocycles. The van der Waals surface area contributed by atoms with E-state index in [0.717, 1.165) is 24.6 Å². The highest BCUT2D eigenvalue weighted by atomic mass is 15.2. The molecular weight excluding hydrogens is 212 g/mol. The van der Waals surface area contributed by atoms with Crippen molar-refractivity contribution in [2.45, 2.75) is 25.3 Å². The Kier molecular flexibility index (Phi) is 4.20. The summed E-state index contributed by atoms with van der Waals surface area (Å²) >= 11 is 0. The number of nitrogens with one attached hydrogen (secondary N) is 2. The van der Waals surface area contributed by atoms with Gasteiger partial charge < -0.3 is 15.5 Å². The molecule has 1 aromatic heterocycles. The number of aromatic nitrogens is 1. The third-order valence-corrected chi connectivity index (χ3v) is 3.15. The van der Waals surface area contributed by atoms with Crippen LogP contribution in [-0.2, 0) is 0 Å². The summed E-state index contributed by atoms with van der Waals surface area (Å²) in [5.74, 6) is 1.02. The smallest absolute Gasteiger partial charge is 0.151 e. The molecular formula is C13H22N4. The van der Waals surface area contributed by atoms with E-state index in [-0.39, 0.29) is 0 Å². The number of rotatable bonds is 3. The van der Waals surface area contributed by atoms with Crippen LogP contribution in [0.4, 0.5) is 11.5 Å². The molecule has 0 aliphatic carbocycles. The number of anilines is 2. The first-order valence-electron chi connectivity index (χ1n) is 6.37. The fraction of sp³-hybridized carbons (Fsp3) is 0.615. The Bertz CT molecular complexity index is 343. The summed E-state index contributed by atoms with van der Waals surface area (Å²) in [6, 6.07) is 4.66. The van der Waals surface area contributed by atoms with E-state index in [1.165, 1.54) is 19.3 Å². The van der Waals surface area contributed by atoms with Crippen LogP contribution in [-0.4, -0.2) is 38.2 Å². The van der Waals surface area contributed by atoms with Gasteiger partial charge in [0.1, 0.15) is 0 Å². The fourth-order valence-electron chi connectivity index (χ4n) is 2.25. The molecule has 0 amide bonds. The first-order chi connectivity index (χ1) is 8.27. The van der Waals surface area contributed by atoms with Gasteiger partial charge in [0.15, 0.2) is 5.82 Å². The van der Waals surface area contributed by atoms with Gasteiger partial charge in [0.25, 0.3) is 0 Å². The van der Waals surface area contributed by atoms with E-state index in [0.29, 0.717) is 6.04 Å². The van der Waals surface area contributed by atoms with Crippen LogP contribution in [0.5, 0.6) is 0 Å². The summed E-state index contributed by atoms with van der Waals surface area (Å²) in [5, 5.41) is 7.06. The SMILES string of the molecule is CN(C)c1ncccc1NC1CCCNCC1. The topological polar surface area (TPSA) is 40.2 Å². The Hall–Kier alpha value is -1.29. The standard InChI is InChI=1S/C13H22N4/c1-17(2)13-12(6-4-9-15-13)16-11-5-3-8-14-10-7-11/h4,6,9,11,14,16H,3,5,7-8,10H2,1-2H3. The van der Waals surface area contributed by atoms with Crippen molar-refractivity contribution in [2.75, 3.05) is 37.4 Å². The number of pyridine rings is 1. The van der Waals surface area contributed by atoms with Gasteiger partial charge in [-0.25, -0.2) is 4.98 Å². The maximum atomic E-state index is 4.41. The van der Waals surface area contributed by atoms with Crippen molar-refractivity contribution < 1.29 is 0 Å². The van der Waals surface area contributed by atoms with Crippen molar-refractivity contribution in [3.05, 3.63) is 18.3 Å². The summed E-state index contributed by atoms with van der Waals surface area (Å²) in [6.07, 6.45) is 5.50. The van der Waals surface area contributed by atoms with E-state index >= 15 is 0 Å². The second-order valence-corrected chi connectivity index (χ2v) is 4.79. The van der Waals surface area contributed by atoms with Gasteiger partial charge in [-0.05, 0) is 44.5 Å². The van der Waals surface area contributed by atoms with Gasteiger partial charge in [0.05, 0.1) is 5.69 Å². The van der Waals surface area contributed by atoms with Crippen LogP contribution in [0.2, 0.25) is 0 Å². The molecule has 1 unspecified atom stereocenters. The van der Waals surface area contributed by atoms with Crippen molar-refractivity contribution in [3.63, 3.8) is 0 Å². The molecule has 0 radical (unpaired) electrons. The van der Waals surface area contributed by atoms with Crippen LogP contribution in [0.25, 0.3) is 0 Å². The molecule has 1 fully saturated rings. The van der Waals surface area contributed by atoms with E-state index in [1.54, 1.807) is 0 Å². The predicted octanol–water partition coefficient (Wildman–Crippen LogP) is 1.70. The Labute approximate surface area is 103 Å². The Morgan fingerprint density at radius 1 is 1.35 bits per heavy atom. The van der Waals surface area contributed by atoms with Crippen LogP contribution >= 0.6 is 0 Å². The highest BCUT2D eigenvalue weighted by Crippen LogP contribution is 2.23. The summed E-state index contributed by atoms with van der Waals surface area (Å²) in [4.78, 5) is 6.47. The first-order valence-corrected chi connectivity index (χ1v) is 6.37. The molecule has 1 saturated heterocycles. The Balaban J connectivity index is 2.06. The van der Waals surface area contributed by atoms with Crippen molar-refractivity contribution in [2.24, 2.45) is 0 Å². The first kappa shape index (κ1) is 12.2. The third kappa shape index (κ3) is 3.33. The van der Waals surface area contributed by atoms with Gasteiger partial charge >= 0.3 is 0 Å². The molecule has 4 nitrogen and oxygen atoms in total. The normalized spacial score (nSPS) is 20.7. The molecule has 17 heavy (non-hydrogen) atoms. The summed E-state index contributed by atoms with van der Waals surface area (Å²) in [7, 11) is 4.06. The van der Waals surface area contributed by atoms with Crippen LogP contribution in [0, 0.1) is 0 Å². The average Bonchev–Trinajstić information content (AvgIpc) is 2.58. The minimum Gasteiger partial charge on any atom is -0.379 e. The Morgan fingerprint density at radius 3 is 3.06 bits per heavy atom. The van der Waals surface area contributed by atoms with Crippen LogP contribution in [0.3, 0.4) is 0 Å². The minimum atomic E-state index is 0.563. The van der Waals surface area contributed by atoms with Crippen molar-refractivity contribution >= 4 is 11.5 Å². The van der Waals surface area contributed by atoms with E-state index in [4.69, 9.17) is 0 Å². The lowest BCUT2D eigenvalue weighted by Crippen LogP contribution is -2.23. The molecule has 2 heterocycles. The predicted molar refractivity (Wildman–Crippen MR) is 72.7 cm³/mol. The van der Waals surface area contributed by atoms with E-state index in [1.807, 2.05) is 26.4 Å². The lowest BCUT2D eigenvalue weighted by atomic mass is 10.1. The zero-order valence-corrected chi connectivity index (χ0v) is 10.7. The molecule has 1 atom stereocenters. The zero-order valence-electron chi connectivity index (χ0n) is 10.7. The fourth-order valence-corrected chi connectivity index (χ4v) is 2.25. The lowest BCUT2D eigenvalue weighted by Gasteiger charge is -2.22. The minimum absolute atomic E-state index is 0.563. The number of nitrogens with zero attached hydrogens (tertiary/aromatic N) is 2. The second kappa shape index (κ2) is 5.87. The van der Waals surface area contributed by atoms with Crippen molar-refractivity contribution in [1.82, 2.24) is 10.3 Å². The average molecular weight is 234 g/mol. The molecule has 4 heteroatoms. The summed E-state index contributed by atoms with van der Waals surface area (Å²) in [6.45, 7) is 2.25. The number of hydrogen-bond donors (Lipinski definition) is 2. The van der Waals surface area contributed by atoms with Gasteiger partial charge in [-0.3, -0.25) is 0 Å². The van der Waals surface area contributed by atoms with Crippen LogP contribution in [0.1, 0.15) is 19.3 Å². The molecule has 1 aromatic rings. The van der Waals surface area contributed by atoms with E-state index in [2.05, 4.69) is 26.6 Å². The molecule has 0 saturated carbocycles. The quantitative estimate of drug-likeness (QED) is 0.835. The highest BCUT2D eigenvalue weighted by Gasteiger charge is 2.14. The molecule has 1 aliphatic heterocycles. The molecule has 1 aliphatic rings. The number of hydrogen-bond acceptors (Lipinski definition) is 4. The van der Waals surface area contributed by atoms with Gasteiger partial charge in [-0.1, -0.05) is 0 Å². The molecule has 94 valence electrons. The second-order valence-electron chi connectivity index (χ2n) is 4.79. The van der Waals surface area contributed by atoms with Crippen molar-refractivity contribution in [1.29, 1.82) is 0 Å². The van der Waals surface area contributed by atoms with E-state index in [9.17, 15) is 0 Å². The van der Waals surface area contributed by atoms with Gasteiger partial charge in [0.2, 0.25) is 0 Å². The van der Waals surface area contributed by atoms with Gasteiger partial charge in [-0.15, -0.1) is 0 Å². The summed E-state index contributed by atoms with van der Waals surface area (Å²) in [5.41, 5.74) is 1.14. The lowest BCUT2D eigenvalue weighted by molar-refractivity contribution is 0.637. The maximum absolute atomic E-state index is 4.41. The van der Waals surface area contributed by atoms with Crippen LogP contribution in [0.15, 0.2) is 18.3 Å². The molecule has 2 N–H and O–H groups in total. The monoisotopic (exact) mass is 234 g/mol. The summed E-state index contributed by atoms with van der Waals surface area (Å²) < 4.78 is 0. The largest absolute Gasteiger partial charge is 0.379 e.